The largest absolute Gasteiger partial charge is 0.283 e. The molecule has 0 N–H and O–H groups in total. The second-order valence-electron chi connectivity index (χ2n) is 2.14. The van der Waals surface area contributed by atoms with E-state index in [0.717, 1.165) is 0 Å². The summed E-state index contributed by atoms with van der Waals surface area (Å²) >= 11 is 4.50. The third-order valence-electron chi connectivity index (χ3n) is 1.47. The smallest absolute Gasteiger partial charge is 0.116 e. The molecule has 0 spiro atoms. The summed E-state index contributed by atoms with van der Waals surface area (Å²) in [6.07, 6.45) is 0. The molecule has 0 amide bonds. The molecule has 1 saturated heterocycles. The van der Waals surface area contributed by atoms with Crippen LogP contribution in [0.2, 0.25) is 0 Å². The third kappa shape index (κ3) is 1.30. The van der Waals surface area contributed by atoms with Crippen LogP contribution < -0.4 is 0 Å². The molecular weight excluding hydrogens is 233 g/mol. The second-order valence-corrected chi connectivity index (χ2v) is 6.46. The Balaban J connectivity index is 2.54. The van der Waals surface area contributed by atoms with Crippen molar-refractivity contribution in [3.63, 3.8) is 0 Å². The number of hydrogen-bond donors (Lipinski definition) is 0. The zero-order chi connectivity index (χ0) is 6.20. The summed E-state index contributed by atoms with van der Waals surface area (Å²) in [5.41, 5.74) is 0. The van der Waals surface area contributed by atoms with E-state index in [2.05, 4.69) is 41.5 Å². The fourth-order valence-corrected chi connectivity index (χ4v) is 2.63. The standard InChI is InChI=1S/C5H10INS/c1-5(6)7(2)3-4-8-5/h3-4H2,1-2H3/t5-/m1/s1. The van der Waals surface area contributed by atoms with Crippen LogP contribution in [0.4, 0.5) is 0 Å². The number of alkyl halides is 1. The van der Waals surface area contributed by atoms with Gasteiger partial charge in [-0.1, -0.05) is 0 Å². The summed E-state index contributed by atoms with van der Waals surface area (Å²) in [5.74, 6) is 1.29. The first-order chi connectivity index (χ1) is 3.63. The van der Waals surface area contributed by atoms with Crippen LogP contribution in [-0.2, 0) is 0 Å². The van der Waals surface area contributed by atoms with Gasteiger partial charge in [-0.05, 0) is 36.6 Å². The lowest BCUT2D eigenvalue weighted by Gasteiger charge is -2.23. The van der Waals surface area contributed by atoms with Gasteiger partial charge >= 0.3 is 0 Å². The van der Waals surface area contributed by atoms with Crippen molar-refractivity contribution in [1.82, 2.24) is 4.90 Å². The number of thioether (sulfide) groups is 1. The van der Waals surface area contributed by atoms with Gasteiger partial charge in [0, 0.05) is 12.3 Å². The van der Waals surface area contributed by atoms with Gasteiger partial charge in [-0.15, -0.1) is 11.8 Å². The SMILES string of the molecule is CN1CCS[C@]1(C)I. The topological polar surface area (TPSA) is 3.24 Å². The molecule has 0 aliphatic carbocycles. The first kappa shape index (κ1) is 7.15. The van der Waals surface area contributed by atoms with E-state index in [-0.39, 0.29) is 0 Å². The predicted octanol–water partition coefficient (Wildman–Crippen LogP) is 1.77. The van der Waals surface area contributed by atoms with E-state index in [4.69, 9.17) is 0 Å². The van der Waals surface area contributed by atoms with Crippen LogP contribution in [0.1, 0.15) is 6.92 Å². The minimum atomic E-state index is 0.373. The van der Waals surface area contributed by atoms with E-state index in [1.807, 2.05) is 11.8 Å². The molecule has 3 heteroatoms. The Morgan fingerprint density at radius 3 is 2.50 bits per heavy atom. The Bertz CT molecular complexity index is 94.4. The average molecular weight is 243 g/mol. The average Bonchev–Trinajstić information content (AvgIpc) is 1.86. The van der Waals surface area contributed by atoms with Crippen molar-refractivity contribution in [2.24, 2.45) is 0 Å². The van der Waals surface area contributed by atoms with Crippen LogP contribution in [0.5, 0.6) is 0 Å². The molecule has 0 bridgehead atoms. The zero-order valence-corrected chi connectivity index (χ0v) is 8.12. The van der Waals surface area contributed by atoms with E-state index in [1.165, 1.54) is 12.3 Å². The lowest BCUT2D eigenvalue weighted by atomic mass is 10.6. The van der Waals surface area contributed by atoms with Crippen molar-refractivity contribution in [2.45, 2.75) is 9.80 Å². The van der Waals surface area contributed by atoms with E-state index in [1.54, 1.807) is 0 Å². The summed E-state index contributed by atoms with van der Waals surface area (Å²) < 4.78 is 0.373. The fourth-order valence-electron chi connectivity index (χ4n) is 0.679. The Morgan fingerprint density at radius 1 is 1.75 bits per heavy atom. The van der Waals surface area contributed by atoms with Crippen molar-refractivity contribution < 1.29 is 0 Å². The Kier molecular flexibility index (Phi) is 2.09. The number of halogens is 1. The minimum absolute atomic E-state index is 0.373. The van der Waals surface area contributed by atoms with E-state index < -0.39 is 0 Å². The summed E-state index contributed by atoms with van der Waals surface area (Å²) in [5, 5.41) is 0. The van der Waals surface area contributed by atoms with E-state index in [0.29, 0.717) is 2.88 Å². The van der Waals surface area contributed by atoms with Gasteiger partial charge in [0.15, 0.2) is 0 Å². The van der Waals surface area contributed by atoms with Crippen molar-refractivity contribution in [3.8, 4) is 0 Å². The maximum atomic E-state index is 2.48. The molecule has 1 fully saturated rings. The van der Waals surface area contributed by atoms with Crippen LogP contribution in [0.3, 0.4) is 0 Å². The summed E-state index contributed by atoms with van der Waals surface area (Å²) in [6, 6.07) is 0. The molecule has 0 aromatic rings. The number of rotatable bonds is 0. The molecule has 0 unspecified atom stereocenters. The van der Waals surface area contributed by atoms with Gasteiger partial charge in [-0.2, -0.15) is 0 Å². The van der Waals surface area contributed by atoms with Crippen LogP contribution in [0.15, 0.2) is 0 Å². The van der Waals surface area contributed by atoms with Crippen molar-refractivity contribution in [1.29, 1.82) is 0 Å². The highest BCUT2D eigenvalue weighted by Crippen LogP contribution is 2.39. The first-order valence-electron chi connectivity index (χ1n) is 2.67. The van der Waals surface area contributed by atoms with Crippen LogP contribution in [-0.4, -0.2) is 27.1 Å². The quantitative estimate of drug-likeness (QED) is 0.362. The van der Waals surface area contributed by atoms with Gasteiger partial charge in [0.05, 0.1) is 0 Å². The Labute approximate surface area is 68.3 Å². The van der Waals surface area contributed by atoms with Crippen molar-refractivity contribution >= 4 is 34.4 Å². The van der Waals surface area contributed by atoms with Gasteiger partial charge in [0.25, 0.3) is 0 Å². The molecule has 0 saturated carbocycles. The van der Waals surface area contributed by atoms with Crippen LogP contribution >= 0.6 is 34.4 Å². The maximum Gasteiger partial charge on any atom is 0.116 e. The zero-order valence-electron chi connectivity index (χ0n) is 5.15. The molecule has 1 nitrogen and oxygen atoms in total. The lowest BCUT2D eigenvalue weighted by Crippen LogP contribution is -2.28. The van der Waals surface area contributed by atoms with Crippen molar-refractivity contribution in [3.05, 3.63) is 0 Å². The molecule has 1 atom stereocenters. The monoisotopic (exact) mass is 243 g/mol. The summed E-state index contributed by atoms with van der Waals surface area (Å²) in [4.78, 5) is 2.37. The summed E-state index contributed by atoms with van der Waals surface area (Å²) in [7, 11) is 2.17. The molecule has 0 aromatic carbocycles. The third-order valence-corrected chi connectivity index (χ3v) is 4.46. The van der Waals surface area contributed by atoms with Crippen LogP contribution in [0.25, 0.3) is 0 Å². The highest BCUT2D eigenvalue weighted by molar-refractivity contribution is 14.1. The van der Waals surface area contributed by atoms with E-state index in [9.17, 15) is 0 Å². The Morgan fingerprint density at radius 2 is 2.38 bits per heavy atom. The molecule has 1 aliphatic heterocycles. The number of nitrogens with zero attached hydrogens (tertiary/aromatic N) is 1. The van der Waals surface area contributed by atoms with Gasteiger partial charge in [-0.3, -0.25) is 4.90 Å². The lowest BCUT2D eigenvalue weighted by molar-refractivity contribution is 0.356. The highest BCUT2D eigenvalue weighted by atomic mass is 127. The molecule has 1 aliphatic rings. The molecule has 8 heavy (non-hydrogen) atoms. The first-order valence-corrected chi connectivity index (χ1v) is 4.73. The van der Waals surface area contributed by atoms with Crippen molar-refractivity contribution in [2.75, 3.05) is 19.3 Å². The fraction of sp³-hybridized carbons (Fsp3) is 1.00. The molecule has 1 heterocycles. The van der Waals surface area contributed by atoms with Gasteiger partial charge in [-0.25, -0.2) is 0 Å². The molecule has 1 rings (SSSR count). The molecule has 0 radical (unpaired) electrons. The maximum absolute atomic E-state index is 2.48. The minimum Gasteiger partial charge on any atom is -0.283 e. The van der Waals surface area contributed by atoms with Gasteiger partial charge in [0.2, 0.25) is 0 Å². The number of hydrogen-bond acceptors (Lipinski definition) is 2. The Hall–Kier alpha value is 1.04. The normalized spacial score (nSPS) is 40.9. The second kappa shape index (κ2) is 2.34. The van der Waals surface area contributed by atoms with E-state index >= 15 is 0 Å². The molecular formula is C5H10INS. The van der Waals surface area contributed by atoms with Gasteiger partial charge < -0.3 is 0 Å². The highest BCUT2D eigenvalue weighted by Gasteiger charge is 2.30. The predicted molar refractivity (Wildman–Crippen MR) is 47.5 cm³/mol. The van der Waals surface area contributed by atoms with Gasteiger partial charge in [0.1, 0.15) is 2.88 Å². The summed E-state index contributed by atoms with van der Waals surface area (Å²) in [6.45, 7) is 3.50. The molecule has 0 aromatic heterocycles. The van der Waals surface area contributed by atoms with Crippen LogP contribution in [0, 0.1) is 0 Å². The molecule has 48 valence electrons.